The number of ether oxygens (including phenoxy) is 2. The Morgan fingerprint density at radius 2 is 2.00 bits per heavy atom. The maximum absolute atomic E-state index is 5.37. The topological polar surface area (TPSA) is 86.5 Å². The van der Waals surface area contributed by atoms with Crippen molar-refractivity contribution < 1.29 is 9.47 Å². The van der Waals surface area contributed by atoms with Gasteiger partial charge in [0, 0.05) is 24.9 Å². The molecule has 0 unspecified atom stereocenters. The summed E-state index contributed by atoms with van der Waals surface area (Å²) in [4.78, 5) is 13.0. The van der Waals surface area contributed by atoms with E-state index in [1.807, 2.05) is 41.2 Å². The molecule has 0 bridgehead atoms. The number of rotatable bonds is 5. The van der Waals surface area contributed by atoms with Crippen LogP contribution in [0.15, 0.2) is 43.0 Å². The van der Waals surface area contributed by atoms with Crippen LogP contribution in [0.1, 0.15) is 12.8 Å². The third-order valence-corrected chi connectivity index (χ3v) is 5.28. The Bertz CT molecular complexity index is 1150. The fourth-order valence-corrected chi connectivity index (χ4v) is 3.63. The zero-order valence-corrected chi connectivity index (χ0v) is 15.7. The van der Waals surface area contributed by atoms with Gasteiger partial charge in [-0.15, -0.1) is 5.10 Å². The summed E-state index contributed by atoms with van der Waals surface area (Å²) in [5.74, 6) is 1.19. The van der Waals surface area contributed by atoms with Gasteiger partial charge in [-0.1, -0.05) is 6.07 Å². The maximum atomic E-state index is 5.37. The van der Waals surface area contributed by atoms with Crippen LogP contribution in [0.4, 0.5) is 5.95 Å². The van der Waals surface area contributed by atoms with Crippen molar-refractivity contribution in [1.82, 2.24) is 24.6 Å². The van der Waals surface area contributed by atoms with Crippen molar-refractivity contribution >= 4 is 22.4 Å². The average Bonchev–Trinajstić information content (AvgIpc) is 3.12. The summed E-state index contributed by atoms with van der Waals surface area (Å²) in [6.45, 7) is 0. The standard InChI is InChI=1S/C20H20N6O2/c1-27-14-8-13(9-14)24-20-21-10-18-15(5-6-26(18)25-20)12-3-4-17-16(7-12)19(28-2)23-11-22-17/h3-7,10-11,13-14H,8-9H2,1-2H3,(H,24,25). The van der Waals surface area contributed by atoms with Crippen LogP contribution in [-0.4, -0.2) is 50.9 Å². The molecule has 1 aliphatic carbocycles. The number of nitrogens with zero attached hydrogens (tertiary/aromatic N) is 5. The first kappa shape index (κ1) is 16.9. The largest absolute Gasteiger partial charge is 0.480 e. The van der Waals surface area contributed by atoms with E-state index in [2.05, 4.69) is 25.4 Å². The quantitative estimate of drug-likeness (QED) is 0.573. The summed E-state index contributed by atoms with van der Waals surface area (Å²) >= 11 is 0. The van der Waals surface area contributed by atoms with E-state index in [4.69, 9.17) is 9.47 Å². The molecule has 142 valence electrons. The molecule has 28 heavy (non-hydrogen) atoms. The van der Waals surface area contributed by atoms with Crippen LogP contribution < -0.4 is 10.1 Å². The molecule has 1 aromatic carbocycles. The van der Waals surface area contributed by atoms with E-state index in [0.29, 0.717) is 24.0 Å². The Kier molecular flexibility index (Phi) is 4.05. The molecule has 1 aliphatic rings. The van der Waals surface area contributed by atoms with Crippen molar-refractivity contribution in [2.24, 2.45) is 0 Å². The molecule has 5 rings (SSSR count). The van der Waals surface area contributed by atoms with E-state index in [9.17, 15) is 0 Å². The van der Waals surface area contributed by atoms with Gasteiger partial charge in [-0.3, -0.25) is 0 Å². The van der Waals surface area contributed by atoms with Crippen LogP contribution in [0.3, 0.4) is 0 Å². The first-order valence-electron chi connectivity index (χ1n) is 9.18. The van der Waals surface area contributed by atoms with E-state index in [1.165, 1.54) is 6.33 Å². The summed E-state index contributed by atoms with van der Waals surface area (Å²) in [7, 11) is 3.36. The van der Waals surface area contributed by atoms with E-state index >= 15 is 0 Å². The summed E-state index contributed by atoms with van der Waals surface area (Å²) in [6, 6.07) is 8.45. The number of fused-ring (bicyclic) bond motifs is 2. The molecule has 0 spiro atoms. The van der Waals surface area contributed by atoms with E-state index < -0.39 is 0 Å². The lowest BCUT2D eigenvalue weighted by Gasteiger charge is -2.34. The van der Waals surface area contributed by atoms with Crippen LogP contribution in [-0.2, 0) is 4.74 Å². The van der Waals surface area contributed by atoms with Gasteiger partial charge in [0.15, 0.2) is 0 Å². The van der Waals surface area contributed by atoms with E-state index in [0.717, 1.165) is 40.4 Å². The van der Waals surface area contributed by atoms with Crippen molar-refractivity contribution in [3.8, 4) is 17.0 Å². The summed E-state index contributed by atoms with van der Waals surface area (Å²) in [5, 5.41) is 8.84. The third kappa shape index (κ3) is 2.82. The van der Waals surface area contributed by atoms with Gasteiger partial charge >= 0.3 is 0 Å². The minimum atomic E-state index is 0.341. The lowest BCUT2D eigenvalue weighted by molar-refractivity contribution is 0.0326. The molecule has 3 aromatic heterocycles. The van der Waals surface area contributed by atoms with Gasteiger partial charge in [0.2, 0.25) is 11.8 Å². The lowest BCUT2D eigenvalue weighted by Crippen LogP contribution is -2.40. The number of nitrogens with one attached hydrogen (secondary N) is 1. The van der Waals surface area contributed by atoms with Gasteiger partial charge in [-0.2, -0.15) is 0 Å². The second-order valence-electron chi connectivity index (χ2n) is 6.93. The Balaban J connectivity index is 1.47. The molecular formula is C20H20N6O2. The van der Waals surface area contributed by atoms with Gasteiger partial charge in [-0.05, 0) is 36.6 Å². The molecule has 1 N–H and O–H groups in total. The van der Waals surface area contributed by atoms with Gasteiger partial charge in [0.05, 0.1) is 35.8 Å². The number of anilines is 1. The molecule has 0 radical (unpaired) electrons. The number of hydrogen-bond acceptors (Lipinski definition) is 7. The fourth-order valence-electron chi connectivity index (χ4n) is 3.63. The van der Waals surface area contributed by atoms with Crippen molar-refractivity contribution in [1.29, 1.82) is 0 Å². The van der Waals surface area contributed by atoms with Crippen molar-refractivity contribution in [3.63, 3.8) is 0 Å². The van der Waals surface area contributed by atoms with Crippen molar-refractivity contribution in [2.75, 3.05) is 19.5 Å². The van der Waals surface area contributed by atoms with Crippen LogP contribution in [0.5, 0.6) is 5.88 Å². The predicted octanol–water partition coefficient (Wildman–Crippen LogP) is 2.94. The minimum Gasteiger partial charge on any atom is -0.480 e. The lowest BCUT2D eigenvalue weighted by atomic mass is 9.89. The zero-order chi connectivity index (χ0) is 19.1. The summed E-state index contributed by atoms with van der Waals surface area (Å²) in [6.07, 6.45) is 7.60. The minimum absolute atomic E-state index is 0.341. The Hall–Kier alpha value is -3.26. The molecule has 1 saturated carbocycles. The average molecular weight is 376 g/mol. The molecule has 0 amide bonds. The van der Waals surface area contributed by atoms with Gasteiger partial charge in [0.1, 0.15) is 6.33 Å². The normalized spacial score (nSPS) is 18.9. The first-order valence-corrected chi connectivity index (χ1v) is 9.18. The molecule has 1 fully saturated rings. The molecule has 0 saturated heterocycles. The highest BCUT2D eigenvalue weighted by Crippen LogP contribution is 2.31. The smallest absolute Gasteiger partial charge is 0.241 e. The molecule has 3 heterocycles. The number of aromatic nitrogens is 5. The summed E-state index contributed by atoms with van der Waals surface area (Å²) in [5.41, 5.74) is 3.86. The molecule has 8 heteroatoms. The first-order chi connectivity index (χ1) is 13.7. The maximum Gasteiger partial charge on any atom is 0.241 e. The van der Waals surface area contributed by atoms with Crippen molar-refractivity contribution in [3.05, 3.63) is 43.0 Å². The molecule has 0 aliphatic heterocycles. The highest BCUT2D eigenvalue weighted by atomic mass is 16.5. The van der Waals surface area contributed by atoms with Gasteiger partial charge < -0.3 is 14.8 Å². The van der Waals surface area contributed by atoms with Crippen molar-refractivity contribution in [2.45, 2.75) is 25.0 Å². The summed E-state index contributed by atoms with van der Waals surface area (Å²) < 4.78 is 12.5. The van der Waals surface area contributed by atoms with Gasteiger partial charge in [-0.25, -0.2) is 19.5 Å². The van der Waals surface area contributed by atoms with E-state index in [1.54, 1.807) is 14.2 Å². The molecular weight excluding hydrogens is 356 g/mol. The van der Waals surface area contributed by atoms with Crippen LogP contribution in [0, 0.1) is 0 Å². The predicted molar refractivity (Wildman–Crippen MR) is 106 cm³/mol. The molecule has 4 aromatic rings. The fraction of sp³-hybridized carbons (Fsp3) is 0.300. The second-order valence-corrected chi connectivity index (χ2v) is 6.93. The van der Waals surface area contributed by atoms with Crippen LogP contribution >= 0.6 is 0 Å². The SMILES string of the molecule is COc1ncnc2ccc(-c3ccn4nc(NC5CC(OC)C5)ncc34)cc12. The molecule has 8 nitrogen and oxygen atoms in total. The Morgan fingerprint density at radius 3 is 2.82 bits per heavy atom. The zero-order valence-electron chi connectivity index (χ0n) is 15.7. The van der Waals surface area contributed by atoms with Crippen LogP contribution in [0.2, 0.25) is 0 Å². The Labute approximate surface area is 161 Å². The monoisotopic (exact) mass is 376 g/mol. The van der Waals surface area contributed by atoms with Gasteiger partial charge in [0.25, 0.3) is 0 Å². The Morgan fingerprint density at radius 1 is 1.11 bits per heavy atom. The second kappa shape index (κ2) is 6.72. The molecule has 0 atom stereocenters. The van der Waals surface area contributed by atoms with E-state index in [-0.39, 0.29) is 0 Å². The number of benzene rings is 1. The third-order valence-electron chi connectivity index (χ3n) is 5.28. The number of hydrogen-bond donors (Lipinski definition) is 1. The number of methoxy groups -OCH3 is 2. The highest BCUT2D eigenvalue weighted by Gasteiger charge is 2.29. The van der Waals surface area contributed by atoms with Crippen LogP contribution in [0.25, 0.3) is 27.5 Å². The highest BCUT2D eigenvalue weighted by molar-refractivity contribution is 5.91.